The highest BCUT2D eigenvalue weighted by Gasteiger charge is 2.31. The standard InChI is InChI=1S/C4H4Cl4FNO/c5-3(4(6,7)8)10-2(11)1-9/h3H,1H2,(H,10,11). The molecule has 66 valence electrons. The zero-order valence-corrected chi connectivity index (χ0v) is 8.11. The summed E-state index contributed by atoms with van der Waals surface area (Å²) in [5.41, 5.74) is -1.23. The summed E-state index contributed by atoms with van der Waals surface area (Å²) in [7, 11) is 0. The molecule has 11 heavy (non-hydrogen) atoms. The molecule has 0 saturated heterocycles. The Balaban J connectivity index is 3.87. The van der Waals surface area contributed by atoms with Gasteiger partial charge in [0.1, 0.15) is 0 Å². The Hall–Kier alpha value is 0.560. The van der Waals surface area contributed by atoms with Crippen molar-refractivity contribution in [2.75, 3.05) is 6.67 Å². The highest BCUT2D eigenvalue weighted by Crippen LogP contribution is 2.32. The zero-order chi connectivity index (χ0) is 9.07. The summed E-state index contributed by atoms with van der Waals surface area (Å²) in [6, 6.07) is 0. The Bertz CT molecular complexity index is 148. The Morgan fingerprint density at radius 1 is 1.55 bits per heavy atom. The summed E-state index contributed by atoms with van der Waals surface area (Å²) >= 11 is 21.1. The second-order valence-corrected chi connectivity index (χ2v) is 4.41. The van der Waals surface area contributed by atoms with Gasteiger partial charge in [0.15, 0.2) is 12.2 Å². The maximum absolute atomic E-state index is 11.5. The van der Waals surface area contributed by atoms with Crippen LogP contribution >= 0.6 is 46.4 Å². The van der Waals surface area contributed by atoms with Crippen molar-refractivity contribution in [3.8, 4) is 0 Å². The van der Waals surface area contributed by atoms with Gasteiger partial charge in [-0.15, -0.1) is 0 Å². The minimum absolute atomic E-state index is 0.920. The van der Waals surface area contributed by atoms with Crippen LogP contribution in [0.2, 0.25) is 0 Å². The van der Waals surface area contributed by atoms with E-state index in [-0.39, 0.29) is 0 Å². The summed E-state index contributed by atoms with van der Waals surface area (Å²) in [5.74, 6) is -0.920. The van der Waals surface area contributed by atoms with Gasteiger partial charge in [-0.25, -0.2) is 4.39 Å². The summed E-state index contributed by atoms with van der Waals surface area (Å²) in [6.45, 7) is -1.19. The van der Waals surface area contributed by atoms with Crippen LogP contribution in [-0.2, 0) is 4.79 Å². The fraction of sp³-hybridized carbons (Fsp3) is 0.750. The Morgan fingerprint density at radius 3 is 2.27 bits per heavy atom. The van der Waals surface area contributed by atoms with E-state index in [2.05, 4.69) is 0 Å². The molecule has 0 aliphatic heterocycles. The summed E-state index contributed by atoms with van der Waals surface area (Å²) in [4.78, 5) is 10.3. The molecule has 2 nitrogen and oxygen atoms in total. The molecule has 0 bridgehead atoms. The van der Waals surface area contributed by atoms with Gasteiger partial charge in [0.25, 0.3) is 5.91 Å². The van der Waals surface area contributed by atoms with E-state index < -0.39 is 21.9 Å². The monoisotopic (exact) mass is 241 g/mol. The van der Waals surface area contributed by atoms with Crippen molar-refractivity contribution in [2.24, 2.45) is 0 Å². The second-order valence-electron chi connectivity index (χ2n) is 1.61. The molecule has 0 saturated carbocycles. The molecular formula is C4H4Cl4FNO. The van der Waals surface area contributed by atoms with Crippen molar-refractivity contribution in [2.45, 2.75) is 9.29 Å². The molecule has 0 aliphatic rings. The van der Waals surface area contributed by atoms with Crippen molar-refractivity contribution in [3.63, 3.8) is 0 Å². The molecule has 1 N–H and O–H groups in total. The smallest absolute Gasteiger partial charge is 0.252 e. The Morgan fingerprint density at radius 2 is 2.00 bits per heavy atom. The Labute approximate surface area is 82.9 Å². The molecule has 7 heteroatoms. The number of halogens is 5. The van der Waals surface area contributed by atoms with Gasteiger partial charge >= 0.3 is 0 Å². The third-order valence-corrected chi connectivity index (χ3v) is 2.12. The summed E-state index contributed by atoms with van der Waals surface area (Å²) in [5, 5.41) is 1.93. The number of nitrogens with one attached hydrogen (secondary N) is 1. The van der Waals surface area contributed by atoms with Crippen LogP contribution in [0.25, 0.3) is 0 Å². The van der Waals surface area contributed by atoms with Gasteiger partial charge in [-0.05, 0) is 0 Å². The van der Waals surface area contributed by atoms with E-state index in [9.17, 15) is 9.18 Å². The third-order valence-electron chi connectivity index (χ3n) is 0.696. The first-order chi connectivity index (χ1) is 4.88. The zero-order valence-electron chi connectivity index (χ0n) is 5.08. The molecule has 1 unspecified atom stereocenters. The maximum Gasteiger partial charge on any atom is 0.252 e. The van der Waals surface area contributed by atoms with Gasteiger partial charge in [-0.1, -0.05) is 46.4 Å². The average Bonchev–Trinajstić information content (AvgIpc) is 1.85. The van der Waals surface area contributed by atoms with Gasteiger partial charge in [-0.3, -0.25) is 4.79 Å². The molecule has 0 heterocycles. The third kappa shape index (κ3) is 4.90. The molecule has 0 aromatic heterocycles. The van der Waals surface area contributed by atoms with Crippen LogP contribution in [0.1, 0.15) is 0 Å². The van der Waals surface area contributed by atoms with Crippen LogP contribution in [0, 0.1) is 0 Å². The van der Waals surface area contributed by atoms with Crippen molar-refractivity contribution >= 4 is 52.3 Å². The van der Waals surface area contributed by atoms with Crippen LogP contribution < -0.4 is 5.32 Å². The molecule has 1 atom stereocenters. The van der Waals surface area contributed by atoms with Crippen LogP contribution in [-0.4, -0.2) is 21.9 Å². The van der Waals surface area contributed by atoms with Gasteiger partial charge in [0, 0.05) is 0 Å². The predicted octanol–water partition coefficient (Wildman–Crippen LogP) is 2.01. The van der Waals surface area contributed by atoms with Crippen LogP contribution in [0.3, 0.4) is 0 Å². The molecule has 0 radical (unpaired) electrons. The number of hydrogen-bond donors (Lipinski definition) is 1. The minimum atomic E-state index is -1.83. The highest BCUT2D eigenvalue weighted by atomic mass is 35.6. The molecule has 0 aromatic rings. The number of hydrogen-bond acceptors (Lipinski definition) is 1. The van der Waals surface area contributed by atoms with Crippen LogP contribution in [0.4, 0.5) is 4.39 Å². The van der Waals surface area contributed by atoms with Crippen molar-refractivity contribution < 1.29 is 9.18 Å². The summed E-state index contributed by atoms with van der Waals surface area (Å²) in [6.07, 6.45) is 0. The molecule has 0 aliphatic carbocycles. The SMILES string of the molecule is O=C(CF)NC(Cl)C(Cl)(Cl)Cl. The number of rotatable bonds is 2. The molecule has 1 amide bonds. The fourth-order valence-corrected chi connectivity index (χ4v) is 0.547. The molecule has 0 rings (SSSR count). The molecule has 0 spiro atoms. The minimum Gasteiger partial charge on any atom is -0.334 e. The quantitative estimate of drug-likeness (QED) is 0.583. The van der Waals surface area contributed by atoms with Crippen molar-refractivity contribution in [3.05, 3.63) is 0 Å². The lowest BCUT2D eigenvalue weighted by Gasteiger charge is -2.18. The molecular weight excluding hydrogens is 239 g/mol. The number of carbonyl (C=O) groups is 1. The average molecular weight is 243 g/mol. The summed E-state index contributed by atoms with van der Waals surface area (Å²) < 4.78 is 9.71. The second kappa shape index (κ2) is 4.55. The van der Waals surface area contributed by atoms with Gasteiger partial charge < -0.3 is 5.32 Å². The first-order valence-electron chi connectivity index (χ1n) is 2.44. The van der Waals surface area contributed by atoms with Gasteiger partial charge in [0.2, 0.25) is 3.79 Å². The van der Waals surface area contributed by atoms with Crippen LogP contribution in [0.15, 0.2) is 0 Å². The van der Waals surface area contributed by atoms with Crippen molar-refractivity contribution in [1.29, 1.82) is 0 Å². The number of amides is 1. The molecule has 0 fully saturated rings. The van der Waals surface area contributed by atoms with Gasteiger partial charge in [0.05, 0.1) is 0 Å². The normalized spacial score (nSPS) is 14.3. The van der Waals surface area contributed by atoms with Crippen LogP contribution in [0.5, 0.6) is 0 Å². The lowest BCUT2D eigenvalue weighted by atomic mass is 10.6. The largest absolute Gasteiger partial charge is 0.334 e. The van der Waals surface area contributed by atoms with E-state index in [0.717, 1.165) is 0 Å². The fourth-order valence-electron chi connectivity index (χ4n) is 0.262. The number of carbonyl (C=O) groups excluding carboxylic acids is 1. The topological polar surface area (TPSA) is 29.1 Å². The number of alkyl halides is 5. The maximum atomic E-state index is 11.5. The van der Waals surface area contributed by atoms with E-state index in [4.69, 9.17) is 46.4 Å². The highest BCUT2D eigenvalue weighted by molar-refractivity contribution is 6.70. The Kier molecular flexibility index (Phi) is 4.78. The van der Waals surface area contributed by atoms with Crippen molar-refractivity contribution in [1.82, 2.24) is 5.32 Å². The molecule has 0 aromatic carbocycles. The predicted molar refractivity (Wildman–Crippen MR) is 44.0 cm³/mol. The van der Waals surface area contributed by atoms with E-state index in [1.54, 1.807) is 0 Å². The van der Waals surface area contributed by atoms with E-state index >= 15 is 0 Å². The lowest BCUT2D eigenvalue weighted by Crippen LogP contribution is -2.40. The first-order valence-corrected chi connectivity index (χ1v) is 4.01. The van der Waals surface area contributed by atoms with E-state index in [0.29, 0.717) is 0 Å². The van der Waals surface area contributed by atoms with E-state index in [1.165, 1.54) is 0 Å². The first kappa shape index (κ1) is 11.6. The lowest BCUT2D eigenvalue weighted by molar-refractivity contribution is -0.122. The van der Waals surface area contributed by atoms with E-state index in [1.807, 2.05) is 5.32 Å². The van der Waals surface area contributed by atoms with Gasteiger partial charge in [-0.2, -0.15) is 0 Å².